The molecule has 3 nitrogen and oxygen atoms in total. The number of hydrogen-bond donors (Lipinski definition) is 2. The molecule has 2 atom stereocenters. The fourth-order valence-electron chi connectivity index (χ4n) is 3.53. The van der Waals surface area contributed by atoms with E-state index in [1.165, 1.54) is 51.4 Å². The summed E-state index contributed by atoms with van der Waals surface area (Å²) in [5, 5.41) is 9.23. The third-order valence-corrected chi connectivity index (χ3v) is 4.36. The average Bonchev–Trinajstić information content (AvgIpc) is 2.73. The summed E-state index contributed by atoms with van der Waals surface area (Å²) >= 11 is 0. The lowest BCUT2D eigenvalue weighted by atomic mass is 9.92. The molecule has 2 fully saturated rings. The minimum atomic E-state index is 0.278. The van der Waals surface area contributed by atoms with E-state index in [1.807, 2.05) is 0 Å². The molecule has 0 radical (unpaired) electrons. The van der Waals surface area contributed by atoms with Crippen LogP contribution in [-0.2, 0) is 0 Å². The van der Waals surface area contributed by atoms with E-state index in [2.05, 4.69) is 4.90 Å². The first kappa shape index (κ1) is 12.3. The Hall–Kier alpha value is -0.120. The van der Waals surface area contributed by atoms with Gasteiger partial charge < -0.3 is 10.8 Å². The van der Waals surface area contributed by atoms with Crippen LogP contribution in [0.1, 0.15) is 51.4 Å². The van der Waals surface area contributed by atoms with E-state index in [0.29, 0.717) is 18.1 Å². The zero-order valence-electron chi connectivity index (χ0n) is 10.3. The Morgan fingerprint density at radius 2 is 1.75 bits per heavy atom. The van der Waals surface area contributed by atoms with Crippen molar-refractivity contribution < 1.29 is 5.11 Å². The third-order valence-electron chi connectivity index (χ3n) is 4.36. The number of hydrogen-bond acceptors (Lipinski definition) is 3. The fourth-order valence-corrected chi connectivity index (χ4v) is 3.53. The Kier molecular flexibility index (Phi) is 4.62. The summed E-state index contributed by atoms with van der Waals surface area (Å²) in [7, 11) is 0. The van der Waals surface area contributed by atoms with E-state index in [0.717, 1.165) is 6.54 Å². The number of aliphatic hydroxyl groups is 1. The van der Waals surface area contributed by atoms with Gasteiger partial charge in [0.15, 0.2) is 0 Å². The summed E-state index contributed by atoms with van der Waals surface area (Å²) in [6.07, 6.45) is 10.4. The van der Waals surface area contributed by atoms with Gasteiger partial charge in [-0.05, 0) is 25.7 Å². The molecule has 0 saturated heterocycles. The molecule has 2 unspecified atom stereocenters. The van der Waals surface area contributed by atoms with Crippen LogP contribution in [0, 0.1) is 0 Å². The van der Waals surface area contributed by atoms with Gasteiger partial charge in [0.2, 0.25) is 0 Å². The van der Waals surface area contributed by atoms with Gasteiger partial charge in [-0.15, -0.1) is 0 Å². The van der Waals surface area contributed by atoms with Crippen LogP contribution in [0.5, 0.6) is 0 Å². The highest BCUT2D eigenvalue weighted by Gasteiger charge is 2.33. The lowest BCUT2D eigenvalue weighted by molar-refractivity contribution is 0.0759. The molecular weight excluding hydrogens is 200 g/mol. The molecule has 94 valence electrons. The molecule has 3 N–H and O–H groups in total. The van der Waals surface area contributed by atoms with E-state index in [9.17, 15) is 5.11 Å². The second kappa shape index (κ2) is 5.99. The smallest absolute Gasteiger partial charge is 0.0558 e. The summed E-state index contributed by atoms with van der Waals surface area (Å²) in [5.74, 6) is 0. The highest BCUT2D eigenvalue weighted by atomic mass is 16.3. The van der Waals surface area contributed by atoms with Gasteiger partial charge in [-0.25, -0.2) is 0 Å². The lowest BCUT2D eigenvalue weighted by Gasteiger charge is -2.39. The summed E-state index contributed by atoms with van der Waals surface area (Å²) in [6.45, 7) is 1.10. The van der Waals surface area contributed by atoms with Crippen LogP contribution in [0.25, 0.3) is 0 Å². The van der Waals surface area contributed by atoms with Crippen molar-refractivity contribution in [3.63, 3.8) is 0 Å². The van der Waals surface area contributed by atoms with Crippen molar-refractivity contribution in [2.24, 2.45) is 5.73 Å². The highest BCUT2D eigenvalue weighted by Crippen LogP contribution is 2.29. The second-order valence-electron chi connectivity index (χ2n) is 5.42. The maximum atomic E-state index is 9.23. The van der Waals surface area contributed by atoms with Crippen LogP contribution < -0.4 is 5.73 Å². The minimum Gasteiger partial charge on any atom is -0.395 e. The van der Waals surface area contributed by atoms with E-state index in [4.69, 9.17) is 5.73 Å². The predicted molar refractivity (Wildman–Crippen MR) is 66.3 cm³/mol. The monoisotopic (exact) mass is 226 g/mol. The molecule has 0 aromatic rings. The van der Waals surface area contributed by atoms with Crippen molar-refractivity contribution in [1.82, 2.24) is 4.90 Å². The molecule has 3 heteroatoms. The molecule has 2 saturated carbocycles. The zero-order valence-corrected chi connectivity index (χ0v) is 10.3. The Balaban J connectivity index is 1.97. The average molecular weight is 226 g/mol. The van der Waals surface area contributed by atoms with Gasteiger partial charge in [0.05, 0.1) is 6.61 Å². The second-order valence-corrected chi connectivity index (χ2v) is 5.42. The Labute approximate surface area is 99.0 Å². The van der Waals surface area contributed by atoms with Gasteiger partial charge in [-0.2, -0.15) is 0 Å². The number of rotatable bonds is 4. The topological polar surface area (TPSA) is 49.5 Å². The molecule has 0 heterocycles. The summed E-state index contributed by atoms with van der Waals surface area (Å²) in [5.41, 5.74) is 6.19. The van der Waals surface area contributed by atoms with Crippen LogP contribution in [0.4, 0.5) is 0 Å². The van der Waals surface area contributed by atoms with E-state index in [-0.39, 0.29) is 6.61 Å². The molecule has 2 aliphatic rings. The number of nitrogens with two attached hydrogens (primary N) is 1. The van der Waals surface area contributed by atoms with Crippen molar-refractivity contribution in [3.8, 4) is 0 Å². The Morgan fingerprint density at radius 1 is 1.00 bits per heavy atom. The van der Waals surface area contributed by atoms with E-state index >= 15 is 0 Å². The summed E-state index contributed by atoms with van der Waals surface area (Å²) in [6, 6.07) is 1.57. The first-order valence-electron chi connectivity index (χ1n) is 6.95. The Bertz CT molecular complexity index is 204. The van der Waals surface area contributed by atoms with Crippen LogP contribution in [0.2, 0.25) is 0 Å². The third kappa shape index (κ3) is 2.76. The highest BCUT2D eigenvalue weighted by molar-refractivity contribution is 4.91. The van der Waals surface area contributed by atoms with Crippen LogP contribution in [0.3, 0.4) is 0 Å². The SMILES string of the molecule is NC1CCCC1N(CCO)C1CCCCC1. The van der Waals surface area contributed by atoms with Crippen LogP contribution in [-0.4, -0.2) is 41.3 Å². The molecular formula is C13H26N2O. The molecule has 0 aliphatic heterocycles. The first-order valence-corrected chi connectivity index (χ1v) is 6.95. The van der Waals surface area contributed by atoms with Crippen LogP contribution in [0.15, 0.2) is 0 Å². The maximum Gasteiger partial charge on any atom is 0.0558 e. The predicted octanol–water partition coefficient (Wildman–Crippen LogP) is 1.49. The van der Waals surface area contributed by atoms with Crippen molar-refractivity contribution in [3.05, 3.63) is 0 Å². The van der Waals surface area contributed by atoms with Crippen molar-refractivity contribution in [1.29, 1.82) is 0 Å². The molecule has 0 amide bonds. The number of aliphatic hydroxyl groups excluding tert-OH is 1. The van der Waals surface area contributed by atoms with Crippen molar-refractivity contribution in [2.75, 3.05) is 13.2 Å². The van der Waals surface area contributed by atoms with Gasteiger partial charge >= 0.3 is 0 Å². The maximum absolute atomic E-state index is 9.23. The summed E-state index contributed by atoms with van der Waals surface area (Å²) < 4.78 is 0. The largest absolute Gasteiger partial charge is 0.395 e. The van der Waals surface area contributed by atoms with E-state index < -0.39 is 0 Å². The number of nitrogens with zero attached hydrogens (tertiary/aromatic N) is 1. The quantitative estimate of drug-likeness (QED) is 0.763. The molecule has 0 aromatic heterocycles. The summed E-state index contributed by atoms with van der Waals surface area (Å²) in [4.78, 5) is 2.52. The molecule has 0 bridgehead atoms. The normalized spacial score (nSPS) is 32.4. The van der Waals surface area contributed by atoms with Crippen molar-refractivity contribution in [2.45, 2.75) is 69.5 Å². The zero-order chi connectivity index (χ0) is 11.4. The minimum absolute atomic E-state index is 0.278. The molecule has 16 heavy (non-hydrogen) atoms. The fraction of sp³-hybridized carbons (Fsp3) is 1.00. The Morgan fingerprint density at radius 3 is 2.31 bits per heavy atom. The van der Waals surface area contributed by atoms with Gasteiger partial charge in [-0.3, -0.25) is 4.90 Å². The molecule has 2 rings (SSSR count). The lowest BCUT2D eigenvalue weighted by Crippen LogP contribution is -2.51. The molecule has 0 aromatic carbocycles. The van der Waals surface area contributed by atoms with Gasteiger partial charge in [0.25, 0.3) is 0 Å². The standard InChI is InChI=1S/C13H26N2O/c14-12-7-4-8-13(12)15(9-10-16)11-5-2-1-3-6-11/h11-13,16H,1-10,14H2. The molecule has 0 spiro atoms. The first-order chi connectivity index (χ1) is 7.83. The van der Waals surface area contributed by atoms with Gasteiger partial charge in [0.1, 0.15) is 0 Å². The van der Waals surface area contributed by atoms with Gasteiger partial charge in [-0.1, -0.05) is 25.7 Å². The van der Waals surface area contributed by atoms with E-state index in [1.54, 1.807) is 0 Å². The van der Waals surface area contributed by atoms with Gasteiger partial charge in [0, 0.05) is 24.7 Å². The van der Waals surface area contributed by atoms with Crippen LogP contribution >= 0.6 is 0 Å². The molecule has 2 aliphatic carbocycles. The van der Waals surface area contributed by atoms with Crippen molar-refractivity contribution >= 4 is 0 Å².